The van der Waals surface area contributed by atoms with Gasteiger partial charge in [-0.1, -0.05) is 22.0 Å². The molecule has 1 aromatic rings. The van der Waals surface area contributed by atoms with Crippen LogP contribution in [-0.2, 0) is 11.2 Å². The van der Waals surface area contributed by atoms with Crippen molar-refractivity contribution in [3.8, 4) is 0 Å². The first-order valence-electron chi connectivity index (χ1n) is 6.22. The third-order valence-corrected chi connectivity index (χ3v) is 4.51. The number of halogens is 2. The molecule has 1 aliphatic rings. The minimum absolute atomic E-state index is 0.133. The van der Waals surface area contributed by atoms with Crippen molar-refractivity contribution < 1.29 is 14.2 Å². The number of hydrogen-bond acceptors (Lipinski definition) is 2. The van der Waals surface area contributed by atoms with Crippen LogP contribution in [0.4, 0.5) is 4.39 Å². The van der Waals surface area contributed by atoms with Gasteiger partial charge in [-0.25, -0.2) is 4.39 Å². The van der Waals surface area contributed by atoms with Crippen LogP contribution in [0.2, 0.25) is 0 Å². The van der Waals surface area contributed by atoms with Crippen LogP contribution in [0.5, 0.6) is 0 Å². The Morgan fingerprint density at radius 3 is 2.72 bits per heavy atom. The molecule has 0 heterocycles. The molecule has 1 atom stereocenters. The maximum absolute atomic E-state index is 13.0. The summed E-state index contributed by atoms with van der Waals surface area (Å²) in [5.41, 5.74) is 0.792. The van der Waals surface area contributed by atoms with E-state index in [0.717, 1.165) is 18.4 Å². The van der Waals surface area contributed by atoms with Crippen molar-refractivity contribution in [1.82, 2.24) is 0 Å². The summed E-state index contributed by atoms with van der Waals surface area (Å²) in [6.45, 7) is 0. The number of aliphatic hydroxyl groups is 1. The van der Waals surface area contributed by atoms with Gasteiger partial charge in [-0.3, -0.25) is 0 Å². The van der Waals surface area contributed by atoms with Gasteiger partial charge in [0.1, 0.15) is 5.82 Å². The Labute approximate surface area is 115 Å². The van der Waals surface area contributed by atoms with Gasteiger partial charge in [0.15, 0.2) is 0 Å². The van der Waals surface area contributed by atoms with Crippen molar-refractivity contribution in [2.75, 3.05) is 7.11 Å². The van der Waals surface area contributed by atoms with Gasteiger partial charge >= 0.3 is 0 Å². The molecule has 0 amide bonds. The Morgan fingerprint density at radius 1 is 1.50 bits per heavy atom. The van der Waals surface area contributed by atoms with Crippen LogP contribution in [0, 0.1) is 5.82 Å². The lowest BCUT2D eigenvalue weighted by Crippen LogP contribution is -2.42. The number of hydrogen-bond donors (Lipinski definition) is 1. The van der Waals surface area contributed by atoms with Crippen LogP contribution in [-0.4, -0.2) is 23.9 Å². The van der Waals surface area contributed by atoms with Crippen LogP contribution in [0.25, 0.3) is 0 Å². The van der Waals surface area contributed by atoms with E-state index in [1.165, 1.54) is 18.6 Å². The molecule has 100 valence electrons. The Hall–Kier alpha value is -0.450. The summed E-state index contributed by atoms with van der Waals surface area (Å²) in [5, 5.41) is 10.1. The summed E-state index contributed by atoms with van der Waals surface area (Å²) in [6.07, 6.45) is 3.92. The maximum atomic E-state index is 13.0. The van der Waals surface area contributed by atoms with Gasteiger partial charge in [-0.15, -0.1) is 0 Å². The molecule has 0 aliphatic heterocycles. The highest BCUT2D eigenvalue weighted by Gasteiger charge is 2.38. The molecule has 2 rings (SSSR count). The molecule has 1 fully saturated rings. The summed E-state index contributed by atoms with van der Waals surface area (Å²) in [4.78, 5) is 0. The fourth-order valence-electron chi connectivity index (χ4n) is 2.51. The van der Waals surface area contributed by atoms with Crippen LogP contribution in [0.15, 0.2) is 22.7 Å². The zero-order valence-electron chi connectivity index (χ0n) is 10.5. The number of methoxy groups -OCH3 is 1. The molecular formula is C14H18BrFO2. The number of aliphatic hydroxyl groups excluding tert-OH is 1. The second kappa shape index (κ2) is 5.68. The molecule has 1 aliphatic carbocycles. The largest absolute Gasteiger partial charge is 0.393 e. The summed E-state index contributed by atoms with van der Waals surface area (Å²) in [7, 11) is 1.71. The Balaban J connectivity index is 1.96. The van der Waals surface area contributed by atoms with Gasteiger partial charge in [-0.2, -0.15) is 0 Å². The molecule has 0 bridgehead atoms. The second-order valence-corrected chi connectivity index (χ2v) is 5.89. The van der Waals surface area contributed by atoms with Crippen LogP contribution in [0.3, 0.4) is 0 Å². The first kappa shape index (κ1) is 14.0. The topological polar surface area (TPSA) is 29.5 Å². The third-order valence-electron chi connectivity index (χ3n) is 3.78. The first-order chi connectivity index (χ1) is 8.54. The molecule has 1 unspecified atom stereocenters. The first-order valence-corrected chi connectivity index (χ1v) is 7.01. The fraction of sp³-hybridized carbons (Fsp3) is 0.571. The van der Waals surface area contributed by atoms with Gasteiger partial charge < -0.3 is 9.84 Å². The highest BCUT2D eigenvalue weighted by atomic mass is 79.9. The van der Waals surface area contributed by atoms with Gasteiger partial charge in [0.2, 0.25) is 0 Å². The highest BCUT2D eigenvalue weighted by Crippen LogP contribution is 2.39. The third kappa shape index (κ3) is 3.11. The molecule has 18 heavy (non-hydrogen) atoms. The van der Waals surface area contributed by atoms with Gasteiger partial charge in [-0.05, 0) is 43.4 Å². The van der Waals surface area contributed by atoms with Gasteiger partial charge in [0.05, 0.1) is 11.7 Å². The van der Waals surface area contributed by atoms with Crippen molar-refractivity contribution in [3.63, 3.8) is 0 Å². The number of benzene rings is 1. The average Bonchev–Trinajstić information content (AvgIpc) is 2.27. The summed E-state index contributed by atoms with van der Waals surface area (Å²) < 4.78 is 19.2. The molecule has 2 nitrogen and oxygen atoms in total. The van der Waals surface area contributed by atoms with E-state index in [1.807, 2.05) is 0 Å². The predicted molar refractivity (Wildman–Crippen MR) is 72.0 cm³/mol. The second-order valence-electron chi connectivity index (χ2n) is 5.04. The molecule has 0 radical (unpaired) electrons. The van der Waals surface area contributed by atoms with Crippen LogP contribution >= 0.6 is 15.9 Å². The standard InChI is InChI=1S/C14H18BrFO2/c1-18-14(5-2-6-14)9-12(17)7-10-3-4-11(16)8-13(10)15/h3-4,8,12,17H,2,5-7,9H2,1H3. The van der Waals surface area contributed by atoms with Crippen LogP contribution in [0.1, 0.15) is 31.2 Å². The fourth-order valence-corrected chi connectivity index (χ4v) is 3.02. The summed E-state index contributed by atoms with van der Waals surface area (Å²) in [5.74, 6) is -0.271. The van der Waals surface area contributed by atoms with Crippen LogP contribution < -0.4 is 0 Å². The SMILES string of the molecule is COC1(CC(O)Cc2ccc(F)cc2Br)CCC1. The highest BCUT2D eigenvalue weighted by molar-refractivity contribution is 9.10. The summed E-state index contributed by atoms with van der Waals surface area (Å²) in [6, 6.07) is 4.56. The lowest BCUT2D eigenvalue weighted by molar-refractivity contribution is -0.0989. The molecule has 0 aromatic heterocycles. The Bertz CT molecular complexity index is 413. The molecule has 1 saturated carbocycles. The molecule has 0 saturated heterocycles. The Morgan fingerprint density at radius 2 is 2.22 bits per heavy atom. The van der Waals surface area contributed by atoms with Crippen molar-refractivity contribution >= 4 is 15.9 Å². The predicted octanol–water partition coefficient (Wildman–Crippen LogP) is 3.45. The van der Waals surface area contributed by atoms with E-state index in [4.69, 9.17) is 4.74 Å². The quantitative estimate of drug-likeness (QED) is 0.901. The molecule has 1 N–H and O–H groups in total. The average molecular weight is 317 g/mol. The van der Waals surface area contributed by atoms with E-state index >= 15 is 0 Å². The number of rotatable bonds is 5. The van der Waals surface area contributed by atoms with Gasteiger partial charge in [0, 0.05) is 18.0 Å². The number of ether oxygens (including phenoxy) is 1. The Kier molecular flexibility index (Phi) is 4.41. The normalized spacial score (nSPS) is 19.3. The smallest absolute Gasteiger partial charge is 0.124 e. The van der Waals surface area contributed by atoms with Crippen molar-refractivity contribution in [3.05, 3.63) is 34.1 Å². The minimum Gasteiger partial charge on any atom is -0.393 e. The van der Waals surface area contributed by atoms with E-state index < -0.39 is 6.10 Å². The maximum Gasteiger partial charge on any atom is 0.124 e. The zero-order valence-corrected chi connectivity index (χ0v) is 12.0. The minimum atomic E-state index is -0.452. The van der Waals surface area contributed by atoms with Gasteiger partial charge in [0.25, 0.3) is 0 Å². The van der Waals surface area contributed by atoms with E-state index in [2.05, 4.69) is 15.9 Å². The van der Waals surface area contributed by atoms with Crippen molar-refractivity contribution in [1.29, 1.82) is 0 Å². The molecule has 4 heteroatoms. The van der Waals surface area contributed by atoms with E-state index in [-0.39, 0.29) is 11.4 Å². The van der Waals surface area contributed by atoms with E-state index in [9.17, 15) is 9.50 Å². The van der Waals surface area contributed by atoms with E-state index in [1.54, 1.807) is 13.2 Å². The van der Waals surface area contributed by atoms with Crippen molar-refractivity contribution in [2.24, 2.45) is 0 Å². The summed E-state index contributed by atoms with van der Waals surface area (Å²) >= 11 is 3.32. The lowest BCUT2D eigenvalue weighted by atomic mass is 9.75. The van der Waals surface area contributed by atoms with E-state index in [0.29, 0.717) is 17.3 Å². The molecule has 0 spiro atoms. The lowest BCUT2D eigenvalue weighted by Gasteiger charge is -2.41. The monoisotopic (exact) mass is 316 g/mol. The molecule has 1 aromatic carbocycles. The van der Waals surface area contributed by atoms with Crippen molar-refractivity contribution in [2.45, 2.75) is 43.8 Å². The molecular weight excluding hydrogens is 299 g/mol. The zero-order chi connectivity index (χ0) is 13.2.